The molecule has 8 nitrogen and oxygen atoms in total. The highest BCUT2D eigenvalue weighted by molar-refractivity contribution is 6.30. The van der Waals surface area contributed by atoms with Crippen molar-refractivity contribution in [3.63, 3.8) is 0 Å². The minimum atomic E-state index is 0.0145. The number of nitrogens with zero attached hydrogens (tertiary/aromatic N) is 5. The third-order valence-electron chi connectivity index (χ3n) is 4.44. The molecule has 0 spiro atoms. The van der Waals surface area contributed by atoms with Gasteiger partial charge in [-0.2, -0.15) is 5.26 Å². The van der Waals surface area contributed by atoms with Crippen LogP contribution in [-0.4, -0.2) is 65.5 Å². The van der Waals surface area contributed by atoms with Gasteiger partial charge < -0.3 is 14.5 Å². The summed E-state index contributed by atoms with van der Waals surface area (Å²) in [5.41, 5.74) is 2.13. The average Bonchev–Trinajstić information content (AvgIpc) is 3.00. The van der Waals surface area contributed by atoms with Crippen LogP contribution >= 0.6 is 11.6 Å². The Kier molecular flexibility index (Phi) is 6.52. The third kappa shape index (κ3) is 5.01. The van der Waals surface area contributed by atoms with Gasteiger partial charge in [0.1, 0.15) is 6.61 Å². The lowest BCUT2D eigenvalue weighted by molar-refractivity contribution is -0.137. The van der Waals surface area contributed by atoms with Crippen molar-refractivity contribution in [1.82, 2.24) is 19.7 Å². The van der Waals surface area contributed by atoms with Crippen LogP contribution in [0.4, 0.5) is 0 Å². The van der Waals surface area contributed by atoms with Crippen LogP contribution in [0.2, 0.25) is 5.02 Å². The number of hydrogen-bond acceptors (Lipinski definition) is 6. The quantitative estimate of drug-likeness (QED) is 0.732. The standard InChI is InChI=1S/C19H22ClN5O3/c1-14-7-17(12-23-3-5-24(6-4-23)19(26)13-27-2)25(22-14)28-18-9-15(11-21)8-16(20)10-18/h7-10H,3-6,12-13H2,1-2H3. The molecular formula is C19H22ClN5O3. The van der Waals surface area contributed by atoms with Crippen molar-refractivity contribution in [2.24, 2.45) is 0 Å². The number of hydrogen-bond donors (Lipinski definition) is 0. The van der Waals surface area contributed by atoms with Gasteiger partial charge >= 0.3 is 0 Å². The van der Waals surface area contributed by atoms with E-state index in [9.17, 15) is 4.79 Å². The molecule has 3 rings (SSSR count). The van der Waals surface area contributed by atoms with Gasteiger partial charge in [0.15, 0.2) is 5.75 Å². The zero-order chi connectivity index (χ0) is 20.1. The molecule has 2 heterocycles. The molecule has 9 heteroatoms. The number of halogens is 1. The van der Waals surface area contributed by atoms with Crippen molar-refractivity contribution < 1.29 is 14.4 Å². The van der Waals surface area contributed by atoms with Crippen LogP contribution in [0.1, 0.15) is 17.0 Å². The van der Waals surface area contributed by atoms with Crippen LogP contribution in [0.15, 0.2) is 24.3 Å². The summed E-state index contributed by atoms with van der Waals surface area (Å²) in [6, 6.07) is 8.85. The first-order valence-corrected chi connectivity index (χ1v) is 9.30. The van der Waals surface area contributed by atoms with Crippen molar-refractivity contribution in [1.29, 1.82) is 5.26 Å². The molecule has 1 amide bonds. The van der Waals surface area contributed by atoms with Gasteiger partial charge in [0.25, 0.3) is 0 Å². The normalized spacial score (nSPS) is 14.7. The highest BCUT2D eigenvalue weighted by Crippen LogP contribution is 2.22. The van der Waals surface area contributed by atoms with E-state index in [1.807, 2.05) is 17.9 Å². The zero-order valence-corrected chi connectivity index (χ0v) is 16.6. The number of aromatic nitrogens is 2. The highest BCUT2D eigenvalue weighted by atomic mass is 35.5. The Morgan fingerprint density at radius 2 is 2.00 bits per heavy atom. The molecule has 148 valence electrons. The Bertz CT molecular complexity index is 884. The molecule has 0 atom stereocenters. The predicted octanol–water partition coefficient (Wildman–Crippen LogP) is 1.85. The third-order valence-corrected chi connectivity index (χ3v) is 4.66. The van der Waals surface area contributed by atoms with Crippen LogP contribution in [-0.2, 0) is 16.1 Å². The Labute approximate surface area is 168 Å². The first-order chi connectivity index (χ1) is 13.5. The van der Waals surface area contributed by atoms with Crippen molar-refractivity contribution in [2.75, 3.05) is 39.9 Å². The number of carbonyl (C=O) groups excluding carboxylic acids is 1. The molecule has 1 aromatic heterocycles. The highest BCUT2D eigenvalue weighted by Gasteiger charge is 2.22. The minimum Gasteiger partial charge on any atom is -0.375 e. The number of ether oxygens (including phenoxy) is 1. The molecule has 28 heavy (non-hydrogen) atoms. The number of rotatable bonds is 6. The second kappa shape index (κ2) is 9.06. The second-order valence-electron chi connectivity index (χ2n) is 6.62. The molecule has 1 aliphatic heterocycles. The summed E-state index contributed by atoms with van der Waals surface area (Å²) in [6.07, 6.45) is 0. The summed E-state index contributed by atoms with van der Waals surface area (Å²) >= 11 is 6.05. The number of benzene rings is 1. The Morgan fingerprint density at radius 3 is 2.68 bits per heavy atom. The summed E-state index contributed by atoms with van der Waals surface area (Å²) in [6.45, 7) is 5.49. The molecule has 1 aromatic carbocycles. The maximum absolute atomic E-state index is 11.9. The molecule has 0 aliphatic carbocycles. The smallest absolute Gasteiger partial charge is 0.248 e. The van der Waals surface area contributed by atoms with Gasteiger partial charge in [0, 0.05) is 57.0 Å². The Balaban J connectivity index is 1.66. The fourth-order valence-corrected chi connectivity index (χ4v) is 3.32. The maximum atomic E-state index is 11.9. The summed E-state index contributed by atoms with van der Waals surface area (Å²) in [7, 11) is 1.52. The van der Waals surface area contributed by atoms with Gasteiger partial charge in [-0.15, -0.1) is 5.10 Å². The molecular weight excluding hydrogens is 382 g/mol. The van der Waals surface area contributed by atoms with E-state index in [0.717, 1.165) is 24.5 Å². The first kappa shape index (κ1) is 20.1. The minimum absolute atomic E-state index is 0.0145. The fraction of sp³-hybridized carbons (Fsp3) is 0.421. The van der Waals surface area contributed by atoms with Gasteiger partial charge in [-0.05, 0) is 19.1 Å². The van der Waals surface area contributed by atoms with E-state index in [0.29, 0.717) is 36.0 Å². The SMILES string of the molecule is COCC(=O)N1CCN(Cc2cc(C)nn2Oc2cc(Cl)cc(C#N)c2)CC1. The number of piperazine rings is 1. The molecule has 0 bridgehead atoms. The largest absolute Gasteiger partial charge is 0.375 e. The number of amides is 1. The van der Waals surface area contributed by atoms with Crippen LogP contribution in [0.3, 0.4) is 0 Å². The summed E-state index contributed by atoms with van der Waals surface area (Å²) in [4.78, 5) is 23.3. The molecule has 1 saturated heterocycles. The zero-order valence-electron chi connectivity index (χ0n) is 15.9. The maximum Gasteiger partial charge on any atom is 0.248 e. The van der Waals surface area contributed by atoms with Gasteiger partial charge in [-0.1, -0.05) is 16.4 Å². The van der Waals surface area contributed by atoms with E-state index in [1.165, 1.54) is 12.0 Å². The molecule has 1 fully saturated rings. The number of methoxy groups -OCH3 is 1. The molecule has 1 aliphatic rings. The van der Waals surface area contributed by atoms with Crippen molar-refractivity contribution in [3.8, 4) is 11.8 Å². The lowest BCUT2D eigenvalue weighted by Crippen LogP contribution is -2.49. The average molecular weight is 404 g/mol. The molecule has 0 unspecified atom stereocenters. The van der Waals surface area contributed by atoms with E-state index in [-0.39, 0.29) is 12.5 Å². The van der Waals surface area contributed by atoms with Crippen LogP contribution < -0.4 is 4.84 Å². The lowest BCUT2D eigenvalue weighted by Gasteiger charge is -2.34. The van der Waals surface area contributed by atoms with Gasteiger partial charge in [0.2, 0.25) is 5.91 Å². The second-order valence-corrected chi connectivity index (χ2v) is 7.06. The van der Waals surface area contributed by atoms with Gasteiger partial charge in [-0.3, -0.25) is 9.69 Å². The van der Waals surface area contributed by atoms with Crippen LogP contribution in [0, 0.1) is 18.3 Å². The molecule has 0 radical (unpaired) electrons. The number of nitriles is 1. The van der Waals surface area contributed by atoms with E-state index >= 15 is 0 Å². The van der Waals surface area contributed by atoms with Crippen molar-refractivity contribution in [2.45, 2.75) is 13.5 Å². The predicted molar refractivity (Wildman–Crippen MR) is 103 cm³/mol. The molecule has 0 saturated carbocycles. The summed E-state index contributed by atoms with van der Waals surface area (Å²) in [5, 5.41) is 13.9. The van der Waals surface area contributed by atoms with E-state index < -0.39 is 0 Å². The first-order valence-electron chi connectivity index (χ1n) is 8.92. The van der Waals surface area contributed by atoms with Crippen molar-refractivity contribution in [3.05, 3.63) is 46.2 Å². The van der Waals surface area contributed by atoms with Crippen LogP contribution in [0.25, 0.3) is 0 Å². The monoisotopic (exact) mass is 403 g/mol. The number of aryl methyl sites for hydroxylation is 1. The van der Waals surface area contributed by atoms with Gasteiger partial charge in [-0.25, -0.2) is 0 Å². The van der Waals surface area contributed by atoms with Gasteiger partial charge in [0.05, 0.1) is 23.0 Å². The topological polar surface area (TPSA) is 83.6 Å². The Morgan fingerprint density at radius 1 is 1.25 bits per heavy atom. The van der Waals surface area contributed by atoms with E-state index in [4.69, 9.17) is 26.4 Å². The molecule has 0 N–H and O–H groups in total. The lowest BCUT2D eigenvalue weighted by atomic mass is 10.2. The van der Waals surface area contributed by atoms with E-state index in [2.05, 4.69) is 16.1 Å². The summed E-state index contributed by atoms with van der Waals surface area (Å²) < 4.78 is 4.92. The fourth-order valence-electron chi connectivity index (χ4n) is 3.10. The molecule has 2 aromatic rings. The Hall–Kier alpha value is -2.60. The van der Waals surface area contributed by atoms with Crippen molar-refractivity contribution >= 4 is 17.5 Å². The summed E-state index contributed by atoms with van der Waals surface area (Å²) in [5.74, 6) is 0.462. The van der Waals surface area contributed by atoms with Crippen LogP contribution in [0.5, 0.6) is 5.75 Å². The van der Waals surface area contributed by atoms with E-state index in [1.54, 1.807) is 18.2 Å². The number of carbonyl (C=O) groups is 1.